The minimum absolute atomic E-state index is 0.0840. The predicted octanol–water partition coefficient (Wildman–Crippen LogP) is 1.81. The van der Waals surface area contributed by atoms with Gasteiger partial charge in [-0.05, 0) is 32.6 Å². The van der Waals surface area contributed by atoms with Crippen LogP contribution in [0.25, 0.3) is 0 Å². The van der Waals surface area contributed by atoms with E-state index in [9.17, 15) is 9.59 Å². The van der Waals surface area contributed by atoms with Crippen LogP contribution in [0.2, 0.25) is 0 Å². The molecule has 1 aliphatic carbocycles. The summed E-state index contributed by atoms with van der Waals surface area (Å²) in [7, 11) is 0. The van der Waals surface area contributed by atoms with Gasteiger partial charge in [0, 0.05) is 12.1 Å². The number of hydrogen-bond acceptors (Lipinski definition) is 2. The third-order valence-electron chi connectivity index (χ3n) is 2.86. The Morgan fingerprint density at radius 1 is 1.38 bits per heavy atom. The second kappa shape index (κ2) is 5.68. The first kappa shape index (κ1) is 12.7. The monoisotopic (exact) mass is 225 g/mol. The van der Waals surface area contributed by atoms with Crippen LogP contribution in [-0.4, -0.2) is 35.0 Å². The first-order valence-corrected chi connectivity index (χ1v) is 5.76. The van der Waals surface area contributed by atoms with Crippen LogP contribution in [0.15, 0.2) is 11.1 Å². The third kappa shape index (κ3) is 3.08. The Labute approximate surface area is 95.9 Å². The summed E-state index contributed by atoms with van der Waals surface area (Å²) in [6.45, 7) is 4.23. The molecule has 0 saturated carbocycles. The van der Waals surface area contributed by atoms with Gasteiger partial charge < -0.3 is 10.0 Å². The number of allylic oxidation sites excluding steroid dienone is 1. The van der Waals surface area contributed by atoms with E-state index in [1.165, 1.54) is 4.90 Å². The second-order valence-corrected chi connectivity index (χ2v) is 4.23. The van der Waals surface area contributed by atoms with Crippen molar-refractivity contribution in [3.05, 3.63) is 11.1 Å². The molecule has 90 valence electrons. The fraction of sp³-hybridized carbons (Fsp3) is 0.667. The quantitative estimate of drug-likeness (QED) is 0.776. The van der Waals surface area contributed by atoms with Crippen molar-refractivity contribution in [3.8, 4) is 0 Å². The van der Waals surface area contributed by atoms with Crippen LogP contribution in [-0.2, 0) is 9.59 Å². The van der Waals surface area contributed by atoms with E-state index < -0.39 is 5.97 Å². The number of amides is 1. The zero-order chi connectivity index (χ0) is 12.1. The van der Waals surface area contributed by atoms with Gasteiger partial charge in [0.05, 0.1) is 0 Å². The number of carbonyl (C=O) groups is 2. The van der Waals surface area contributed by atoms with Gasteiger partial charge in [0.25, 0.3) is 0 Å². The molecule has 0 bridgehead atoms. The molecule has 0 saturated heterocycles. The summed E-state index contributed by atoms with van der Waals surface area (Å²) in [6.07, 6.45) is 3.56. The lowest BCUT2D eigenvalue weighted by molar-refractivity contribution is -0.143. The molecule has 0 spiro atoms. The maximum absolute atomic E-state index is 12.1. The molecule has 0 unspecified atom stereocenters. The van der Waals surface area contributed by atoms with Crippen molar-refractivity contribution in [3.63, 3.8) is 0 Å². The number of carboxylic acids is 1. The van der Waals surface area contributed by atoms with E-state index in [-0.39, 0.29) is 12.5 Å². The Balaban J connectivity index is 2.74. The standard InChI is InChI=1S/C12H19NO3/c1-3-7-13(8-11(14)15)12(16)10-6-4-5-9(10)2/h3-8H2,1-2H3,(H,14,15). The first-order valence-electron chi connectivity index (χ1n) is 5.76. The second-order valence-electron chi connectivity index (χ2n) is 4.23. The lowest BCUT2D eigenvalue weighted by Gasteiger charge is -2.21. The van der Waals surface area contributed by atoms with Crippen LogP contribution >= 0.6 is 0 Å². The van der Waals surface area contributed by atoms with Crippen LogP contribution in [0.4, 0.5) is 0 Å². The normalized spacial score (nSPS) is 15.4. The van der Waals surface area contributed by atoms with Crippen LogP contribution in [0.5, 0.6) is 0 Å². The molecule has 1 rings (SSSR count). The smallest absolute Gasteiger partial charge is 0.323 e. The maximum atomic E-state index is 12.1. The fourth-order valence-electron chi connectivity index (χ4n) is 2.06. The highest BCUT2D eigenvalue weighted by molar-refractivity contribution is 5.96. The van der Waals surface area contributed by atoms with Crippen molar-refractivity contribution >= 4 is 11.9 Å². The van der Waals surface area contributed by atoms with Crippen molar-refractivity contribution in [2.24, 2.45) is 0 Å². The number of carboxylic acid groups (broad SMARTS) is 1. The van der Waals surface area contributed by atoms with Gasteiger partial charge in [-0.1, -0.05) is 12.5 Å². The SMILES string of the molecule is CCCN(CC(=O)O)C(=O)C1=C(C)CCC1. The average Bonchev–Trinajstić information content (AvgIpc) is 2.62. The molecule has 0 aromatic carbocycles. The van der Waals surface area contributed by atoms with E-state index in [0.717, 1.165) is 36.8 Å². The molecule has 0 radical (unpaired) electrons. The highest BCUT2D eigenvalue weighted by atomic mass is 16.4. The Kier molecular flexibility index (Phi) is 4.52. The van der Waals surface area contributed by atoms with Gasteiger partial charge in [-0.25, -0.2) is 0 Å². The van der Waals surface area contributed by atoms with Crippen molar-refractivity contribution < 1.29 is 14.7 Å². The van der Waals surface area contributed by atoms with E-state index >= 15 is 0 Å². The van der Waals surface area contributed by atoms with Crippen LogP contribution in [0, 0.1) is 0 Å². The van der Waals surface area contributed by atoms with E-state index in [2.05, 4.69) is 0 Å². The zero-order valence-corrected chi connectivity index (χ0v) is 9.95. The van der Waals surface area contributed by atoms with Crippen LogP contribution in [0.3, 0.4) is 0 Å². The third-order valence-corrected chi connectivity index (χ3v) is 2.86. The van der Waals surface area contributed by atoms with E-state index in [0.29, 0.717) is 6.54 Å². The molecular weight excluding hydrogens is 206 g/mol. The summed E-state index contributed by atoms with van der Waals surface area (Å²) in [4.78, 5) is 24.2. The summed E-state index contributed by atoms with van der Waals surface area (Å²) >= 11 is 0. The van der Waals surface area contributed by atoms with E-state index in [4.69, 9.17) is 5.11 Å². The minimum atomic E-state index is -0.946. The molecule has 1 amide bonds. The maximum Gasteiger partial charge on any atom is 0.323 e. The van der Waals surface area contributed by atoms with Crippen molar-refractivity contribution in [2.75, 3.05) is 13.1 Å². The molecule has 0 fully saturated rings. The van der Waals surface area contributed by atoms with Crippen molar-refractivity contribution in [1.29, 1.82) is 0 Å². The molecule has 16 heavy (non-hydrogen) atoms. The van der Waals surface area contributed by atoms with Gasteiger partial charge in [0.2, 0.25) is 5.91 Å². The zero-order valence-electron chi connectivity index (χ0n) is 9.95. The van der Waals surface area contributed by atoms with E-state index in [1.54, 1.807) is 0 Å². The summed E-state index contributed by atoms with van der Waals surface area (Å²) in [5, 5.41) is 8.76. The number of carbonyl (C=O) groups excluding carboxylic acids is 1. The van der Waals surface area contributed by atoms with Crippen LogP contribution < -0.4 is 0 Å². The van der Waals surface area contributed by atoms with E-state index in [1.807, 2.05) is 13.8 Å². The van der Waals surface area contributed by atoms with Crippen molar-refractivity contribution in [2.45, 2.75) is 39.5 Å². The molecule has 1 N–H and O–H groups in total. The van der Waals surface area contributed by atoms with Gasteiger partial charge in [-0.15, -0.1) is 0 Å². The van der Waals surface area contributed by atoms with Gasteiger partial charge in [0.15, 0.2) is 0 Å². The lowest BCUT2D eigenvalue weighted by Crippen LogP contribution is -2.37. The Bertz CT molecular complexity index is 320. The Morgan fingerprint density at radius 2 is 2.06 bits per heavy atom. The topological polar surface area (TPSA) is 57.6 Å². The minimum Gasteiger partial charge on any atom is -0.480 e. The Hall–Kier alpha value is -1.32. The molecule has 0 atom stereocenters. The van der Waals surface area contributed by atoms with Gasteiger partial charge in [-0.3, -0.25) is 9.59 Å². The molecule has 0 aromatic heterocycles. The number of aliphatic carboxylic acids is 1. The fourth-order valence-corrected chi connectivity index (χ4v) is 2.06. The van der Waals surface area contributed by atoms with Crippen molar-refractivity contribution in [1.82, 2.24) is 4.90 Å². The Morgan fingerprint density at radius 3 is 2.50 bits per heavy atom. The highest BCUT2D eigenvalue weighted by Gasteiger charge is 2.23. The van der Waals surface area contributed by atoms with Gasteiger partial charge in [0.1, 0.15) is 6.54 Å². The summed E-state index contributed by atoms with van der Waals surface area (Å²) in [5.41, 5.74) is 1.95. The largest absolute Gasteiger partial charge is 0.480 e. The molecule has 0 aliphatic heterocycles. The average molecular weight is 225 g/mol. The summed E-state index contributed by atoms with van der Waals surface area (Å²) < 4.78 is 0. The molecule has 4 nitrogen and oxygen atoms in total. The summed E-state index contributed by atoms with van der Waals surface area (Å²) in [6, 6.07) is 0. The summed E-state index contributed by atoms with van der Waals surface area (Å²) in [5.74, 6) is -1.03. The number of nitrogens with zero attached hydrogens (tertiary/aromatic N) is 1. The number of hydrogen-bond donors (Lipinski definition) is 1. The molecular formula is C12H19NO3. The first-order chi connectivity index (χ1) is 7.56. The molecule has 0 aromatic rings. The number of rotatable bonds is 5. The van der Waals surface area contributed by atoms with Gasteiger partial charge >= 0.3 is 5.97 Å². The van der Waals surface area contributed by atoms with Gasteiger partial charge in [-0.2, -0.15) is 0 Å². The highest BCUT2D eigenvalue weighted by Crippen LogP contribution is 2.26. The van der Waals surface area contributed by atoms with Crippen LogP contribution in [0.1, 0.15) is 39.5 Å². The molecule has 0 heterocycles. The lowest BCUT2D eigenvalue weighted by atomic mass is 10.1. The molecule has 4 heteroatoms. The molecule has 1 aliphatic rings. The predicted molar refractivity (Wildman–Crippen MR) is 61.1 cm³/mol.